The molecule has 0 saturated heterocycles. The molecule has 0 heterocycles. The van der Waals surface area contributed by atoms with E-state index in [-0.39, 0.29) is 5.41 Å². The van der Waals surface area contributed by atoms with Crippen molar-refractivity contribution < 1.29 is 4.79 Å². The van der Waals surface area contributed by atoms with Crippen molar-refractivity contribution in [1.29, 1.82) is 0 Å². The molecule has 3 unspecified atom stereocenters. The minimum absolute atomic E-state index is 0.204. The van der Waals surface area contributed by atoms with Gasteiger partial charge in [-0.25, -0.2) is 0 Å². The number of fused-ring (bicyclic) bond motifs is 5. The molecule has 0 aliphatic heterocycles. The van der Waals surface area contributed by atoms with Crippen molar-refractivity contribution in [2.45, 2.75) is 65.2 Å². The second-order valence-corrected chi connectivity index (χ2v) is 8.79. The standard InChI is InChI=1S/C21H26O/c1-13-3-4-16-15(13)5-6-18-17(16)12-21(9-10-21)19-11-14(22)7-8-20(18,19)2/h4,11,13,15H,3,5-10,12H2,1-2H3. The summed E-state index contributed by atoms with van der Waals surface area (Å²) in [5.74, 6) is 2.05. The lowest BCUT2D eigenvalue weighted by atomic mass is 9.54. The van der Waals surface area contributed by atoms with Crippen LogP contribution < -0.4 is 0 Å². The zero-order valence-electron chi connectivity index (χ0n) is 13.9. The highest BCUT2D eigenvalue weighted by Crippen LogP contribution is 2.70. The van der Waals surface area contributed by atoms with E-state index in [1.807, 2.05) is 0 Å². The van der Waals surface area contributed by atoms with Crippen molar-refractivity contribution in [2.75, 3.05) is 0 Å². The van der Waals surface area contributed by atoms with Gasteiger partial charge in [0, 0.05) is 11.8 Å². The molecule has 1 fully saturated rings. The maximum atomic E-state index is 12.1. The zero-order valence-corrected chi connectivity index (χ0v) is 13.9. The highest BCUT2D eigenvalue weighted by Gasteiger charge is 2.58. The van der Waals surface area contributed by atoms with E-state index in [0.29, 0.717) is 11.2 Å². The second-order valence-electron chi connectivity index (χ2n) is 8.79. The molecule has 5 aliphatic rings. The van der Waals surface area contributed by atoms with Crippen LogP contribution in [0.5, 0.6) is 0 Å². The van der Waals surface area contributed by atoms with Crippen LogP contribution in [0, 0.1) is 22.7 Å². The van der Waals surface area contributed by atoms with Gasteiger partial charge in [-0.2, -0.15) is 0 Å². The number of ketones is 1. The summed E-state index contributed by atoms with van der Waals surface area (Å²) in [5, 5.41) is 0. The van der Waals surface area contributed by atoms with Crippen molar-refractivity contribution in [3.8, 4) is 0 Å². The fourth-order valence-corrected chi connectivity index (χ4v) is 6.15. The Labute approximate surface area is 133 Å². The summed E-state index contributed by atoms with van der Waals surface area (Å²) in [6, 6.07) is 0. The summed E-state index contributed by atoms with van der Waals surface area (Å²) in [6.07, 6.45) is 14.2. The maximum absolute atomic E-state index is 12.1. The number of hydrogen-bond donors (Lipinski definition) is 0. The fourth-order valence-electron chi connectivity index (χ4n) is 6.15. The first-order valence-electron chi connectivity index (χ1n) is 9.22. The van der Waals surface area contributed by atoms with Crippen LogP contribution in [0.25, 0.3) is 0 Å². The molecule has 1 heteroatoms. The predicted octanol–water partition coefficient (Wildman–Crippen LogP) is 5.14. The van der Waals surface area contributed by atoms with Gasteiger partial charge in [0.05, 0.1) is 0 Å². The first-order chi connectivity index (χ1) is 10.5. The minimum Gasteiger partial charge on any atom is -0.295 e. The van der Waals surface area contributed by atoms with Gasteiger partial charge in [0.15, 0.2) is 5.78 Å². The number of rotatable bonds is 0. The summed E-state index contributed by atoms with van der Waals surface area (Å²) in [7, 11) is 0. The normalized spacial score (nSPS) is 41.6. The van der Waals surface area contributed by atoms with Crippen LogP contribution >= 0.6 is 0 Å². The summed E-state index contributed by atoms with van der Waals surface area (Å²) >= 11 is 0. The van der Waals surface area contributed by atoms with E-state index in [1.165, 1.54) is 44.1 Å². The first-order valence-corrected chi connectivity index (χ1v) is 9.22. The molecule has 0 amide bonds. The van der Waals surface area contributed by atoms with Crippen LogP contribution in [0.1, 0.15) is 65.2 Å². The Morgan fingerprint density at radius 2 is 2.00 bits per heavy atom. The molecule has 0 aromatic heterocycles. The van der Waals surface area contributed by atoms with Gasteiger partial charge in [-0.1, -0.05) is 31.1 Å². The third-order valence-electron chi connectivity index (χ3n) is 7.59. The maximum Gasteiger partial charge on any atom is 0.155 e. The number of allylic oxidation sites excluding steroid dienone is 6. The average molecular weight is 294 g/mol. The lowest BCUT2D eigenvalue weighted by molar-refractivity contribution is -0.115. The van der Waals surface area contributed by atoms with Crippen LogP contribution in [0.4, 0.5) is 0 Å². The van der Waals surface area contributed by atoms with E-state index in [9.17, 15) is 4.79 Å². The minimum atomic E-state index is 0.204. The molecule has 0 aromatic rings. The van der Waals surface area contributed by atoms with E-state index in [4.69, 9.17) is 0 Å². The lowest BCUT2D eigenvalue weighted by Gasteiger charge is -2.50. The molecule has 0 aromatic carbocycles. The fraction of sp³-hybridized carbons (Fsp3) is 0.667. The van der Waals surface area contributed by atoms with Crippen LogP contribution in [0.15, 0.2) is 34.4 Å². The summed E-state index contributed by atoms with van der Waals surface area (Å²) in [4.78, 5) is 12.1. The number of carbonyl (C=O) groups excluding carboxylic acids is 1. The molecule has 0 radical (unpaired) electrons. The van der Waals surface area contributed by atoms with Crippen LogP contribution in [0.3, 0.4) is 0 Å². The molecule has 22 heavy (non-hydrogen) atoms. The van der Waals surface area contributed by atoms with Crippen molar-refractivity contribution in [2.24, 2.45) is 22.7 Å². The van der Waals surface area contributed by atoms with Crippen molar-refractivity contribution in [3.05, 3.63) is 34.4 Å². The summed E-state index contributed by atoms with van der Waals surface area (Å²) in [5.41, 5.74) is 7.29. The van der Waals surface area contributed by atoms with Gasteiger partial charge in [-0.05, 0) is 79.4 Å². The van der Waals surface area contributed by atoms with Gasteiger partial charge < -0.3 is 0 Å². The number of hydrogen-bond acceptors (Lipinski definition) is 1. The van der Waals surface area contributed by atoms with Crippen LogP contribution in [-0.2, 0) is 4.79 Å². The largest absolute Gasteiger partial charge is 0.295 e. The predicted molar refractivity (Wildman–Crippen MR) is 88.3 cm³/mol. The summed E-state index contributed by atoms with van der Waals surface area (Å²) < 4.78 is 0. The Kier molecular flexibility index (Phi) is 2.45. The molecule has 5 aliphatic carbocycles. The highest BCUT2D eigenvalue weighted by molar-refractivity contribution is 5.92. The van der Waals surface area contributed by atoms with E-state index >= 15 is 0 Å². The molecule has 0 N–H and O–H groups in total. The average Bonchev–Trinajstić information content (AvgIpc) is 3.17. The molecule has 1 nitrogen and oxygen atoms in total. The van der Waals surface area contributed by atoms with Crippen LogP contribution in [-0.4, -0.2) is 5.78 Å². The van der Waals surface area contributed by atoms with Gasteiger partial charge in [0.25, 0.3) is 0 Å². The first kappa shape index (κ1) is 13.3. The summed E-state index contributed by atoms with van der Waals surface area (Å²) in [6.45, 7) is 4.89. The molecule has 1 saturated carbocycles. The molecule has 5 rings (SSSR count). The van der Waals surface area contributed by atoms with Crippen molar-refractivity contribution in [3.63, 3.8) is 0 Å². The van der Waals surface area contributed by atoms with Gasteiger partial charge in [-0.15, -0.1) is 0 Å². The molecule has 0 bridgehead atoms. The third-order valence-corrected chi connectivity index (χ3v) is 7.59. The van der Waals surface area contributed by atoms with Gasteiger partial charge in [0.2, 0.25) is 0 Å². The van der Waals surface area contributed by atoms with E-state index in [2.05, 4.69) is 26.0 Å². The van der Waals surface area contributed by atoms with E-state index < -0.39 is 0 Å². The molecular formula is C21H26O. The second kappa shape index (κ2) is 4.04. The molecule has 116 valence electrons. The highest BCUT2D eigenvalue weighted by atomic mass is 16.1. The Balaban J connectivity index is 1.70. The molecular weight excluding hydrogens is 268 g/mol. The van der Waals surface area contributed by atoms with Crippen molar-refractivity contribution in [1.82, 2.24) is 0 Å². The SMILES string of the molecule is CC1CC=C2C3=C(CCC21)C1(C)CCC(=O)C=C1C1(CC1)C3. The third kappa shape index (κ3) is 1.53. The lowest BCUT2D eigenvalue weighted by Crippen LogP contribution is -2.39. The quantitative estimate of drug-likeness (QED) is 0.604. The van der Waals surface area contributed by atoms with Gasteiger partial charge >= 0.3 is 0 Å². The van der Waals surface area contributed by atoms with Crippen LogP contribution in [0.2, 0.25) is 0 Å². The topological polar surface area (TPSA) is 17.1 Å². The molecule has 1 spiro atoms. The Bertz CT molecular complexity index is 670. The van der Waals surface area contributed by atoms with Crippen molar-refractivity contribution >= 4 is 5.78 Å². The van der Waals surface area contributed by atoms with Gasteiger partial charge in [-0.3, -0.25) is 4.79 Å². The van der Waals surface area contributed by atoms with E-state index in [1.54, 1.807) is 16.7 Å². The Hall–Kier alpha value is -1.11. The Morgan fingerprint density at radius 1 is 1.18 bits per heavy atom. The van der Waals surface area contributed by atoms with E-state index in [0.717, 1.165) is 24.7 Å². The smallest absolute Gasteiger partial charge is 0.155 e. The monoisotopic (exact) mass is 294 g/mol. The number of carbonyl (C=O) groups is 1. The van der Waals surface area contributed by atoms with Gasteiger partial charge in [0.1, 0.15) is 0 Å². The molecule has 3 atom stereocenters. The Morgan fingerprint density at radius 3 is 2.77 bits per heavy atom. The zero-order chi connectivity index (χ0) is 15.1.